The molecule has 8 heteroatoms. The number of hydrogen-bond donors (Lipinski definition) is 2. The number of phenols is 1. The number of benzene rings is 1. The second kappa shape index (κ2) is 6.24. The molecule has 1 amide bonds. The van der Waals surface area contributed by atoms with Gasteiger partial charge >= 0.3 is 0 Å². The van der Waals surface area contributed by atoms with Crippen LogP contribution < -0.4 is 5.43 Å². The molecule has 106 valence electrons. The number of nitrogens with zero attached hydrogens (tertiary/aromatic N) is 3. The standard InChI is InChI=1S/C13H10N4O4/c18-12-2-1-11(17(20)21)7-10(12)8-15-16-13(19)9-3-5-14-6-4-9/h1-8,18H,(H,16,19). The lowest BCUT2D eigenvalue weighted by molar-refractivity contribution is -0.384. The van der Waals surface area contributed by atoms with Gasteiger partial charge in [0.05, 0.1) is 11.1 Å². The largest absolute Gasteiger partial charge is 0.507 e. The molecule has 8 nitrogen and oxygen atoms in total. The normalized spacial score (nSPS) is 10.5. The molecule has 0 saturated carbocycles. The number of nitro benzene ring substituents is 1. The Hall–Kier alpha value is -3.29. The van der Waals surface area contributed by atoms with E-state index in [1.54, 1.807) is 0 Å². The number of nitrogens with one attached hydrogen (secondary N) is 1. The van der Waals surface area contributed by atoms with Crippen LogP contribution in [0.2, 0.25) is 0 Å². The van der Waals surface area contributed by atoms with Crippen molar-refractivity contribution >= 4 is 17.8 Å². The highest BCUT2D eigenvalue weighted by atomic mass is 16.6. The van der Waals surface area contributed by atoms with Gasteiger partial charge in [-0.2, -0.15) is 5.10 Å². The number of aromatic nitrogens is 1. The maximum absolute atomic E-state index is 11.7. The van der Waals surface area contributed by atoms with Gasteiger partial charge in [0.15, 0.2) is 0 Å². The van der Waals surface area contributed by atoms with Gasteiger partial charge in [0.1, 0.15) is 5.75 Å². The zero-order valence-corrected chi connectivity index (χ0v) is 10.6. The van der Waals surface area contributed by atoms with Crippen LogP contribution in [-0.2, 0) is 0 Å². The van der Waals surface area contributed by atoms with Crippen LogP contribution in [-0.4, -0.2) is 27.1 Å². The van der Waals surface area contributed by atoms with Crippen LogP contribution in [0.3, 0.4) is 0 Å². The Bertz CT molecular complexity index is 701. The minimum Gasteiger partial charge on any atom is -0.507 e. The average Bonchev–Trinajstić information content (AvgIpc) is 2.49. The molecule has 0 spiro atoms. The van der Waals surface area contributed by atoms with Gasteiger partial charge < -0.3 is 5.11 Å². The number of aromatic hydroxyl groups is 1. The Labute approximate surface area is 118 Å². The number of hydrazone groups is 1. The molecule has 1 heterocycles. The topological polar surface area (TPSA) is 118 Å². The molecule has 0 fully saturated rings. The molecule has 2 N–H and O–H groups in total. The first-order chi connectivity index (χ1) is 10.1. The third kappa shape index (κ3) is 3.60. The lowest BCUT2D eigenvalue weighted by Gasteiger charge is -2.00. The van der Waals surface area contributed by atoms with E-state index < -0.39 is 10.8 Å². The summed E-state index contributed by atoms with van der Waals surface area (Å²) in [6.45, 7) is 0. The van der Waals surface area contributed by atoms with Crippen molar-refractivity contribution in [3.05, 3.63) is 64.0 Å². The van der Waals surface area contributed by atoms with Gasteiger partial charge in [0.2, 0.25) is 0 Å². The first kappa shape index (κ1) is 14.1. The summed E-state index contributed by atoms with van der Waals surface area (Å²) in [5, 5.41) is 23.9. The summed E-state index contributed by atoms with van der Waals surface area (Å²) in [6, 6.07) is 6.52. The molecule has 0 aliphatic rings. The number of carbonyl (C=O) groups excluding carboxylic acids is 1. The summed E-state index contributed by atoms with van der Waals surface area (Å²) in [4.78, 5) is 25.5. The van der Waals surface area contributed by atoms with Crippen LogP contribution in [0.1, 0.15) is 15.9 Å². The Morgan fingerprint density at radius 3 is 2.71 bits per heavy atom. The van der Waals surface area contributed by atoms with Gasteiger partial charge in [-0.05, 0) is 18.2 Å². The maximum atomic E-state index is 11.7. The molecular weight excluding hydrogens is 276 g/mol. The highest BCUT2D eigenvalue weighted by Crippen LogP contribution is 2.21. The average molecular weight is 286 g/mol. The molecule has 0 saturated heterocycles. The van der Waals surface area contributed by atoms with E-state index in [9.17, 15) is 20.0 Å². The summed E-state index contributed by atoms with van der Waals surface area (Å²) in [6.07, 6.45) is 4.05. The quantitative estimate of drug-likeness (QED) is 0.501. The second-order valence-electron chi connectivity index (χ2n) is 3.94. The lowest BCUT2D eigenvalue weighted by atomic mass is 10.2. The van der Waals surface area contributed by atoms with Crippen molar-refractivity contribution in [3.8, 4) is 5.75 Å². The number of non-ortho nitro benzene ring substituents is 1. The van der Waals surface area contributed by atoms with Gasteiger partial charge in [-0.25, -0.2) is 5.43 Å². The fourth-order valence-electron chi connectivity index (χ4n) is 1.49. The molecule has 21 heavy (non-hydrogen) atoms. The number of nitro groups is 1. The van der Waals surface area contributed by atoms with E-state index in [0.717, 1.165) is 12.3 Å². The van der Waals surface area contributed by atoms with Crippen molar-refractivity contribution in [2.45, 2.75) is 0 Å². The van der Waals surface area contributed by atoms with E-state index in [1.807, 2.05) is 0 Å². The first-order valence-electron chi connectivity index (χ1n) is 5.79. The highest BCUT2D eigenvalue weighted by molar-refractivity contribution is 5.95. The fraction of sp³-hybridized carbons (Fsp3) is 0. The van der Waals surface area contributed by atoms with E-state index in [4.69, 9.17) is 0 Å². The molecule has 2 aromatic rings. The minimum absolute atomic E-state index is 0.124. The van der Waals surface area contributed by atoms with Crippen LogP contribution in [0.15, 0.2) is 47.8 Å². The summed E-state index contributed by atoms with van der Waals surface area (Å²) in [5.41, 5.74) is 2.55. The number of hydrogen-bond acceptors (Lipinski definition) is 6. The molecule has 1 aromatic carbocycles. The molecule has 1 aromatic heterocycles. The summed E-state index contributed by atoms with van der Waals surface area (Å²) >= 11 is 0. The summed E-state index contributed by atoms with van der Waals surface area (Å²) < 4.78 is 0. The Kier molecular flexibility index (Phi) is 4.20. The van der Waals surface area contributed by atoms with Gasteiger partial charge in [-0.1, -0.05) is 0 Å². The Morgan fingerprint density at radius 1 is 1.33 bits per heavy atom. The number of phenolic OH excluding ortho intramolecular Hbond substituents is 1. The minimum atomic E-state index is -0.591. The van der Waals surface area contributed by atoms with Crippen molar-refractivity contribution < 1.29 is 14.8 Å². The van der Waals surface area contributed by atoms with Gasteiger partial charge in [-0.3, -0.25) is 19.9 Å². The van der Waals surface area contributed by atoms with Crippen LogP contribution in [0, 0.1) is 10.1 Å². The molecular formula is C13H10N4O4. The van der Waals surface area contributed by atoms with Crippen molar-refractivity contribution in [2.75, 3.05) is 0 Å². The highest BCUT2D eigenvalue weighted by Gasteiger charge is 2.09. The van der Waals surface area contributed by atoms with Crippen molar-refractivity contribution in [2.24, 2.45) is 5.10 Å². The fourth-order valence-corrected chi connectivity index (χ4v) is 1.49. The van der Waals surface area contributed by atoms with Gasteiger partial charge in [0.25, 0.3) is 11.6 Å². The zero-order valence-electron chi connectivity index (χ0n) is 10.6. The molecule has 0 aliphatic heterocycles. The van der Waals surface area contributed by atoms with Crippen molar-refractivity contribution in [1.29, 1.82) is 0 Å². The maximum Gasteiger partial charge on any atom is 0.271 e. The summed E-state index contributed by atoms with van der Waals surface area (Å²) in [7, 11) is 0. The molecule has 0 unspecified atom stereocenters. The van der Waals surface area contributed by atoms with E-state index in [1.165, 1.54) is 36.7 Å². The Morgan fingerprint density at radius 2 is 2.05 bits per heavy atom. The third-order valence-corrected chi connectivity index (χ3v) is 2.53. The van der Waals surface area contributed by atoms with Crippen LogP contribution >= 0.6 is 0 Å². The third-order valence-electron chi connectivity index (χ3n) is 2.53. The van der Waals surface area contributed by atoms with E-state index in [2.05, 4.69) is 15.5 Å². The molecule has 0 aliphatic carbocycles. The smallest absolute Gasteiger partial charge is 0.271 e. The predicted molar refractivity (Wildman–Crippen MR) is 74.1 cm³/mol. The van der Waals surface area contributed by atoms with Gasteiger partial charge in [0, 0.05) is 35.7 Å². The van der Waals surface area contributed by atoms with Gasteiger partial charge in [-0.15, -0.1) is 0 Å². The molecule has 0 bridgehead atoms. The van der Waals surface area contributed by atoms with Crippen molar-refractivity contribution in [3.63, 3.8) is 0 Å². The SMILES string of the molecule is O=C(NN=Cc1cc([N+](=O)[O-])ccc1O)c1ccncc1. The van der Waals surface area contributed by atoms with Crippen LogP contribution in [0.25, 0.3) is 0 Å². The van der Waals surface area contributed by atoms with E-state index in [-0.39, 0.29) is 17.0 Å². The van der Waals surface area contributed by atoms with E-state index in [0.29, 0.717) is 5.56 Å². The number of rotatable bonds is 4. The van der Waals surface area contributed by atoms with Crippen LogP contribution in [0.4, 0.5) is 5.69 Å². The monoisotopic (exact) mass is 286 g/mol. The number of carbonyl (C=O) groups is 1. The van der Waals surface area contributed by atoms with Crippen LogP contribution in [0.5, 0.6) is 5.75 Å². The molecule has 2 rings (SSSR count). The van der Waals surface area contributed by atoms with E-state index >= 15 is 0 Å². The number of amides is 1. The summed E-state index contributed by atoms with van der Waals surface area (Å²) in [5.74, 6) is -0.638. The predicted octanol–water partition coefficient (Wildman–Crippen LogP) is 1.46. The Balaban J connectivity index is 2.10. The molecule has 0 radical (unpaired) electrons. The molecule has 0 atom stereocenters. The zero-order chi connectivity index (χ0) is 15.2. The second-order valence-corrected chi connectivity index (χ2v) is 3.94. The lowest BCUT2D eigenvalue weighted by Crippen LogP contribution is -2.17. The first-order valence-corrected chi connectivity index (χ1v) is 5.79. The number of pyridine rings is 1. The van der Waals surface area contributed by atoms with Crippen molar-refractivity contribution in [1.82, 2.24) is 10.4 Å².